The van der Waals surface area contributed by atoms with Gasteiger partial charge in [-0.25, -0.2) is 0 Å². The third-order valence-corrected chi connectivity index (χ3v) is 4.24. The van der Waals surface area contributed by atoms with Crippen molar-refractivity contribution in [2.45, 2.75) is 33.6 Å². The van der Waals surface area contributed by atoms with Crippen LogP contribution in [-0.2, 0) is 4.79 Å². The number of halogens is 1. The van der Waals surface area contributed by atoms with E-state index in [1.807, 2.05) is 26.0 Å². The fourth-order valence-corrected chi connectivity index (χ4v) is 3.49. The van der Waals surface area contributed by atoms with Crippen molar-refractivity contribution in [1.29, 1.82) is 5.26 Å². The van der Waals surface area contributed by atoms with Gasteiger partial charge in [-0.3, -0.25) is 4.79 Å². The van der Waals surface area contributed by atoms with Crippen LogP contribution in [0.4, 0.5) is 5.69 Å². The Bertz CT molecular complexity index is 545. The summed E-state index contributed by atoms with van der Waals surface area (Å²) in [6, 6.07) is 6.12. The van der Waals surface area contributed by atoms with Gasteiger partial charge in [0.15, 0.2) is 0 Å². The molecule has 1 aromatic rings. The number of nitrogens with zero attached hydrogens (tertiary/aromatic N) is 1. The molecule has 0 radical (unpaired) electrons. The number of hydrogen-bond donors (Lipinski definition) is 1. The molecule has 1 aromatic carbocycles. The number of aryl methyl sites for hydroxylation is 2. The fourth-order valence-electron chi connectivity index (χ4n) is 2.80. The summed E-state index contributed by atoms with van der Waals surface area (Å²) in [5.74, 6) is 0.291. The van der Waals surface area contributed by atoms with Crippen LogP contribution >= 0.6 is 15.9 Å². The first-order valence-corrected chi connectivity index (χ1v) is 7.17. The average Bonchev–Trinajstić information content (AvgIpc) is 2.29. The standard InChI is InChI=1S/C15H17BrN2O/c1-9-6-15(7-9,8-17)14(19)18-13-10(2)4-12(16)5-11(13)3/h4-5,9H,6-7H2,1-3H3,(H,18,19). The van der Waals surface area contributed by atoms with Gasteiger partial charge in [0.05, 0.1) is 6.07 Å². The van der Waals surface area contributed by atoms with Crippen molar-refractivity contribution >= 4 is 27.5 Å². The second-order valence-electron chi connectivity index (χ2n) is 5.58. The second-order valence-corrected chi connectivity index (χ2v) is 6.49. The van der Waals surface area contributed by atoms with Gasteiger partial charge < -0.3 is 5.32 Å². The molecule has 0 saturated heterocycles. The van der Waals surface area contributed by atoms with E-state index >= 15 is 0 Å². The number of anilines is 1. The third kappa shape index (κ3) is 2.52. The average molecular weight is 321 g/mol. The Kier molecular flexibility index (Phi) is 3.69. The zero-order valence-electron chi connectivity index (χ0n) is 11.4. The molecule has 4 heteroatoms. The highest BCUT2D eigenvalue weighted by Crippen LogP contribution is 2.46. The Morgan fingerprint density at radius 2 is 1.95 bits per heavy atom. The summed E-state index contributed by atoms with van der Waals surface area (Å²) in [5, 5.41) is 12.2. The summed E-state index contributed by atoms with van der Waals surface area (Å²) < 4.78 is 0.993. The lowest BCUT2D eigenvalue weighted by Crippen LogP contribution is -2.45. The molecule has 3 nitrogen and oxygen atoms in total. The molecule has 0 aromatic heterocycles. The fraction of sp³-hybridized carbons (Fsp3) is 0.467. The van der Waals surface area contributed by atoms with Crippen molar-refractivity contribution in [2.24, 2.45) is 11.3 Å². The molecule has 0 unspecified atom stereocenters. The zero-order chi connectivity index (χ0) is 14.2. The summed E-state index contributed by atoms with van der Waals surface area (Å²) in [5.41, 5.74) is 1.99. The van der Waals surface area contributed by atoms with Gasteiger partial charge in [-0.2, -0.15) is 5.26 Å². The van der Waals surface area contributed by atoms with Gasteiger partial charge in [0.25, 0.3) is 0 Å². The van der Waals surface area contributed by atoms with E-state index in [4.69, 9.17) is 0 Å². The maximum atomic E-state index is 12.3. The molecule has 1 amide bonds. The molecule has 1 fully saturated rings. The number of rotatable bonds is 2. The molecule has 2 rings (SSSR count). The van der Waals surface area contributed by atoms with Crippen LogP contribution in [0.3, 0.4) is 0 Å². The first kappa shape index (κ1) is 14.1. The number of carbonyl (C=O) groups is 1. The number of nitriles is 1. The van der Waals surface area contributed by atoms with E-state index < -0.39 is 5.41 Å². The minimum Gasteiger partial charge on any atom is -0.324 e. The molecule has 19 heavy (non-hydrogen) atoms. The SMILES string of the molecule is Cc1cc(Br)cc(C)c1NC(=O)C1(C#N)CC(C)C1. The molecular formula is C15H17BrN2O. The molecule has 0 atom stereocenters. The van der Waals surface area contributed by atoms with Crippen molar-refractivity contribution in [3.05, 3.63) is 27.7 Å². The maximum Gasteiger partial charge on any atom is 0.244 e. The Labute approximate surface area is 122 Å². The van der Waals surface area contributed by atoms with Crippen LogP contribution in [0.1, 0.15) is 30.9 Å². The number of amides is 1. The Hall–Kier alpha value is -1.34. The van der Waals surface area contributed by atoms with Crippen LogP contribution in [0.25, 0.3) is 0 Å². The smallest absolute Gasteiger partial charge is 0.244 e. The lowest BCUT2D eigenvalue weighted by molar-refractivity contribution is -0.128. The van der Waals surface area contributed by atoms with Gasteiger partial charge in [-0.1, -0.05) is 22.9 Å². The molecule has 0 spiro atoms. The van der Waals surface area contributed by atoms with E-state index in [0.717, 1.165) is 21.3 Å². The van der Waals surface area contributed by atoms with Gasteiger partial charge in [-0.05, 0) is 55.9 Å². The predicted octanol–water partition coefficient (Wildman–Crippen LogP) is 3.94. The maximum absolute atomic E-state index is 12.3. The highest BCUT2D eigenvalue weighted by molar-refractivity contribution is 9.10. The van der Waals surface area contributed by atoms with Gasteiger partial charge in [0.2, 0.25) is 5.91 Å². The van der Waals surface area contributed by atoms with Crippen molar-refractivity contribution in [1.82, 2.24) is 0 Å². The van der Waals surface area contributed by atoms with Crippen LogP contribution < -0.4 is 5.32 Å². The molecule has 1 saturated carbocycles. The Morgan fingerprint density at radius 1 is 1.42 bits per heavy atom. The predicted molar refractivity (Wildman–Crippen MR) is 78.7 cm³/mol. The van der Waals surface area contributed by atoms with E-state index in [1.54, 1.807) is 0 Å². The normalized spacial score (nSPS) is 25.3. The highest BCUT2D eigenvalue weighted by atomic mass is 79.9. The summed E-state index contributed by atoms with van der Waals surface area (Å²) in [6.45, 7) is 5.98. The molecule has 1 aliphatic rings. The minimum absolute atomic E-state index is 0.165. The van der Waals surface area contributed by atoms with Crippen LogP contribution in [0.5, 0.6) is 0 Å². The lowest BCUT2D eigenvalue weighted by Gasteiger charge is -2.39. The van der Waals surface area contributed by atoms with E-state index in [2.05, 4.69) is 34.2 Å². The van der Waals surface area contributed by atoms with E-state index in [1.165, 1.54) is 0 Å². The topological polar surface area (TPSA) is 52.9 Å². The van der Waals surface area contributed by atoms with E-state index in [0.29, 0.717) is 18.8 Å². The van der Waals surface area contributed by atoms with Crippen LogP contribution in [0.2, 0.25) is 0 Å². The molecule has 0 aliphatic heterocycles. The first-order valence-electron chi connectivity index (χ1n) is 6.37. The van der Waals surface area contributed by atoms with Gasteiger partial charge >= 0.3 is 0 Å². The molecule has 1 aliphatic carbocycles. The number of carbonyl (C=O) groups excluding carboxylic acids is 1. The monoisotopic (exact) mass is 320 g/mol. The van der Waals surface area contributed by atoms with Crippen molar-refractivity contribution < 1.29 is 4.79 Å². The largest absolute Gasteiger partial charge is 0.324 e. The van der Waals surface area contributed by atoms with Gasteiger partial charge in [0.1, 0.15) is 5.41 Å². The van der Waals surface area contributed by atoms with Crippen molar-refractivity contribution in [2.75, 3.05) is 5.32 Å². The highest BCUT2D eigenvalue weighted by Gasteiger charge is 2.49. The first-order chi connectivity index (χ1) is 8.88. The number of nitrogens with one attached hydrogen (secondary N) is 1. The van der Waals surface area contributed by atoms with E-state index in [-0.39, 0.29) is 5.91 Å². The van der Waals surface area contributed by atoms with Crippen molar-refractivity contribution in [3.8, 4) is 6.07 Å². The van der Waals surface area contributed by atoms with Crippen LogP contribution in [0.15, 0.2) is 16.6 Å². The second kappa shape index (κ2) is 4.97. The molecule has 1 N–H and O–H groups in total. The summed E-state index contributed by atoms with van der Waals surface area (Å²) in [4.78, 5) is 12.3. The summed E-state index contributed by atoms with van der Waals surface area (Å²) in [6.07, 6.45) is 1.31. The third-order valence-electron chi connectivity index (χ3n) is 3.78. The van der Waals surface area contributed by atoms with Crippen LogP contribution in [-0.4, -0.2) is 5.91 Å². The summed E-state index contributed by atoms with van der Waals surface area (Å²) in [7, 11) is 0. The summed E-state index contributed by atoms with van der Waals surface area (Å²) >= 11 is 3.43. The molecule has 0 heterocycles. The minimum atomic E-state index is -0.828. The Balaban J connectivity index is 2.23. The molecular weight excluding hydrogens is 304 g/mol. The quantitative estimate of drug-likeness (QED) is 0.897. The van der Waals surface area contributed by atoms with Gasteiger partial charge in [0, 0.05) is 10.2 Å². The lowest BCUT2D eigenvalue weighted by atomic mass is 9.63. The van der Waals surface area contributed by atoms with Gasteiger partial charge in [-0.15, -0.1) is 0 Å². The number of benzene rings is 1. The zero-order valence-corrected chi connectivity index (χ0v) is 13.0. The number of hydrogen-bond acceptors (Lipinski definition) is 2. The molecule has 100 valence electrons. The van der Waals surface area contributed by atoms with Crippen molar-refractivity contribution in [3.63, 3.8) is 0 Å². The molecule has 0 bridgehead atoms. The Morgan fingerprint density at radius 3 is 2.37 bits per heavy atom. The van der Waals surface area contributed by atoms with Crippen LogP contribution in [0, 0.1) is 36.5 Å². The van der Waals surface area contributed by atoms with E-state index in [9.17, 15) is 10.1 Å².